The van der Waals surface area contributed by atoms with Gasteiger partial charge in [0.15, 0.2) is 0 Å². The summed E-state index contributed by atoms with van der Waals surface area (Å²) >= 11 is 3.53. The van der Waals surface area contributed by atoms with Gasteiger partial charge in [-0.05, 0) is 55.7 Å². The standard InChI is InChI=1S/C18H25BrO2/c1-2-18(20,14-6-5-7-16(19)12-14)15-8-11-21-17(13-15)9-3-4-10-17/h5-7,12,15,20H,2-4,8-11,13H2,1H3. The maximum atomic E-state index is 11.4. The molecule has 2 atom stereocenters. The Morgan fingerprint density at radius 1 is 1.38 bits per heavy atom. The fourth-order valence-electron chi connectivity index (χ4n) is 4.29. The topological polar surface area (TPSA) is 29.5 Å². The van der Waals surface area contributed by atoms with Gasteiger partial charge in [0, 0.05) is 11.1 Å². The molecular weight excluding hydrogens is 328 g/mol. The molecule has 1 spiro atoms. The molecule has 1 N–H and O–H groups in total. The third-order valence-electron chi connectivity index (χ3n) is 5.55. The maximum Gasteiger partial charge on any atom is 0.0924 e. The molecule has 1 heterocycles. The highest BCUT2D eigenvalue weighted by Gasteiger charge is 2.47. The molecule has 2 nitrogen and oxygen atoms in total. The number of hydrogen-bond donors (Lipinski definition) is 1. The van der Waals surface area contributed by atoms with Gasteiger partial charge < -0.3 is 9.84 Å². The highest BCUT2D eigenvalue weighted by Crippen LogP contribution is 2.48. The van der Waals surface area contributed by atoms with Crippen molar-refractivity contribution in [3.8, 4) is 0 Å². The minimum atomic E-state index is -0.733. The van der Waals surface area contributed by atoms with Crippen LogP contribution in [0.3, 0.4) is 0 Å². The molecule has 3 rings (SSSR count). The largest absolute Gasteiger partial charge is 0.385 e. The smallest absolute Gasteiger partial charge is 0.0924 e. The molecule has 1 aromatic carbocycles. The second kappa shape index (κ2) is 6.02. The van der Waals surface area contributed by atoms with E-state index >= 15 is 0 Å². The molecule has 1 aliphatic heterocycles. The minimum Gasteiger partial charge on any atom is -0.385 e. The molecular formula is C18H25BrO2. The molecule has 21 heavy (non-hydrogen) atoms. The molecule has 0 bridgehead atoms. The molecule has 1 saturated carbocycles. The van der Waals surface area contributed by atoms with Crippen molar-refractivity contribution in [3.63, 3.8) is 0 Å². The Hall–Kier alpha value is -0.380. The van der Waals surface area contributed by atoms with Gasteiger partial charge in [-0.1, -0.05) is 47.8 Å². The zero-order chi connectivity index (χ0) is 14.9. The monoisotopic (exact) mass is 352 g/mol. The lowest BCUT2D eigenvalue weighted by molar-refractivity contribution is -0.144. The summed E-state index contributed by atoms with van der Waals surface area (Å²) in [6.45, 7) is 2.89. The number of halogens is 1. The Labute approximate surface area is 136 Å². The summed E-state index contributed by atoms with van der Waals surface area (Å²) in [5.74, 6) is 0.295. The van der Waals surface area contributed by atoms with Crippen molar-refractivity contribution in [1.82, 2.24) is 0 Å². The molecule has 3 heteroatoms. The Morgan fingerprint density at radius 2 is 2.14 bits per heavy atom. The Balaban J connectivity index is 1.88. The molecule has 1 saturated heterocycles. The fourth-order valence-corrected chi connectivity index (χ4v) is 4.69. The fraction of sp³-hybridized carbons (Fsp3) is 0.667. The maximum absolute atomic E-state index is 11.4. The van der Waals surface area contributed by atoms with Crippen LogP contribution >= 0.6 is 15.9 Å². The number of rotatable bonds is 3. The van der Waals surface area contributed by atoms with E-state index in [1.807, 2.05) is 12.1 Å². The number of aliphatic hydroxyl groups is 1. The highest BCUT2D eigenvalue weighted by atomic mass is 79.9. The van der Waals surface area contributed by atoms with E-state index < -0.39 is 5.60 Å². The number of benzene rings is 1. The van der Waals surface area contributed by atoms with E-state index in [9.17, 15) is 5.11 Å². The minimum absolute atomic E-state index is 0.0536. The molecule has 2 aliphatic rings. The van der Waals surface area contributed by atoms with Crippen molar-refractivity contribution in [3.05, 3.63) is 34.3 Å². The normalized spacial score (nSPS) is 27.7. The summed E-state index contributed by atoms with van der Waals surface area (Å²) in [7, 11) is 0. The van der Waals surface area contributed by atoms with Crippen molar-refractivity contribution in [2.24, 2.45) is 5.92 Å². The van der Waals surface area contributed by atoms with E-state index in [0.717, 1.165) is 35.9 Å². The number of hydrogen-bond acceptors (Lipinski definition) is 2. The highest BCUT2D eigenvalue weighted by molar-refractivity contribution is 9.10. The zero-order valence-corrected chi connectivity index (χ0v) is 14.4. The number of ether oxygens (including phenoxy) is 1. The van der Waals surface area contributed by atoms with Gasteiger partial charge in [0.1, 0.15) is 0 Å². The Morgan fingerprint density at radius 3 is 2.81 bits per heavy atom. The van der Waals surface area contributed by atoms with E-state index in [1.54, 1.807) is 0 Å². The summed E-state index contributed by atoms with van der Waals surface area (Å²) in [4.78, 5) is 0. The molecule has 0 radical (unpaired) electrons. The lowest BCUT2D eigenvalue weighted by atomic mass is 9.71. The summed E-state index contributed by atoms with van der Waals surface area (Å²) in [5, 5.41) is 11.4. The first-order chi connectivity index (χ1) is 10.1. The van der Waals surface area contributed by atoms with Gasteiger partial charge in [0.25, 0.3) is 0 Å². The van der Waals surface area contributed by atoms with Crippen LogP contribution in [0.4, 0.5) is 0 Å². The van der Waals surface area contributed by atoms with Gasteiger partial charge >= 0.3 is 0 Å². The third kappa shape index (κ3) is 2.93. The first-order valence-electron chi connectivity index (χ1n) is 8.20. The van der Waals surface area contributed by atoms with Gasteiger partial charge in [0.2, 0.25) is 0 Å². The van der Waals surface area contributed by atoms with Gasteiger partial charge in [-0.15, -0.1) is 0 Å². The SMILES string of the molecule is CCC(O)(c1cccc(Br)c1)C1CCOC2(CCCC2)C1. The molecule has 0 aromatic heterocycles. The second-order valence-electron chi connectivity index (χ2n) is 6.72. The second-order valence-corrected chi connectivity index (χ2v) is 7.63. The van der Waals surface area contributed by atoms with Crippen LogP contribution in [0.5, 0.6) is 0 Å². The van der Waals surface area contributed by atoms with Crippen LogP contribution in [0.25, 0.3) is 0 Å². The predicted octanol–water partition coefficient (Wildman–Crippen LogP) is 4.79. The van der Waals surface area contributed by atoms with Gasteiger partial charge in [-0.2, -0.15) is 0 Å². The van der Waals surface area contributed by atoms with Gasteiger partial charge in [0.05, 0.1) is 11.2 Å². The van der Waals surface area contributed by atoms with Crippen molar-refractivity contribution >= 4 is 15.9 Å². The summed E-state index contributed by atoms with van der Waals surface area (Å²) in [6.07, 6.45) is 7.60. The van der Waals surface area contributed by atoms with Crippen LogP contribution in [0.2, 0.25) is 0 Å². The summed E-state index contributed by atoms with van der Waals surface area (Å²) < 4.78 is 7.17. The van der Waals surface area contributed by atoms with Crippen molar-refractivity contribution in [2.75, 3.05) is 6.61 Å². The lowest BCUT2D eigenvalue weighted by Gasteiger charge is -2.45. The quantitative estimate of drug-likeness (QED) is 0.847. The van der Waals surface area contributed by atoms with E-state index in [0.29, 0.717) is 5.92 Å². The van der Waals surface area contributed by atoms with Crippen molar-refractivity contribution in [1.29, 1.82) is 0 Å². The molecule has 2 fully saturated rings. The first-order valence-corrected chi connectivity index (χ1v) is 9.00. The van der Waals surface area contributed by atoms with E-state index in [2.05, 4.69) is 35.0 Å². The van der Waals surface area contributed by atoms with Crippen molar-refractivity contribution < 1.29 is 9.84 Å². The van der Waals surface area contributed by atoms with E-state index in [1.165, 1.54) is 25.7 Å². The Bertz CT molecular complexity index is 496. The average molecular weight is 353 g/mol. The molecule has 116 valence electrons. The van der Waals surface area contributed by atoms with E-state index in [-0.39, 0.29) is 5.60 Å². The van der Waals surface area contributed by atoms with Crippen LogP contribution in [0.15, 0.2) is 28.7 Å². The van der Waals surface area contributed by atoms with Crippen LogP contribution in [-0.4, -0.2) is 17.3 Å². The first kappa shape index (κ1) is 15.5. The van der Waals surface area contributed by atoms with Crippen molar-refractivity contribution in [2.45, 2.75) is 63.1 Å². The third-order valence-corrected chi connectivity index (χ3v) is 6.04. The van der Waals surface area contributed by atoms with Crippen LogP contribution < -0.4 is 0 Å². The lowest BCUT2D eigenvalue weighted by Crippen LogP contribution is -2.45. The zero-order valence-electron chi connectivity index (χ0n) is 12.8. The van der Waals surface area contributed by atoms with Crippen LogP contribution in [0, 0.1) is 5.92 Å². The molecule has 1 aliphatic carbocycles. The molecule has 2 unspecified atom stereocenters. The summed E-state index contributed by atoms with van der Waals surface area (Å²) in [5.41, 5.74) is 0.362. The molecule has 1 aromatic rings. The van der Waals surface area contributed by atoms with Gasteiger partial charge in [-0.25, -0.2) is 0 Å². The van der Waals surface area contributed by atoms with E-state index in [4.69, 9.17) is 4.74 Å². The summed E-state index contributed by atoms with van der Waals surface area (Å²) in [6, 6.07) is 8.16. The Kier molecular flexibility index (Phi) is 4.45. The predicted molar refractivity (Wildman–Crippen MR) is 88.2 cm³/mol. The average Bonchev–Trinajstić information content (AvgIpc) is 2.94. The van der Waals surface area contributed by atoms with Crippen LogP contribution in [-0.2, 0) is 10.3 Å². The molecule has 0 amide bonds. The van der Waals surface area contributed by atoms with Crippen LogP contribution in [0.1, 0.15) is 57.4 Å². The van der Waals surface area contributed by atoms with Gasteiger partial charge in [-0.3, -0.25) is 0 Å².